The topological polar surface area (TPSA) is 34.6 Å². The van der Waals surface area contributed by atoms with Gasteiger partial charge in [-0.05, 0) is 44.0 Å². The number of rotatable bonds is 4. The van der Waals surface area contributed by atoms with Crippen molar-refractivity contribution >= 4 is 17.7 Å². The smallest absolute Gasteiger partial charge is 0.213 e. The van der Waals surface area contributed by atoms with Gasteiger partial charge in [-0.25, -0.2) is 4.98 Å². The molecule has 2 heterocycles. The summed E-state index contributed by atoms with van der Waals surface area (Å²) in [6.07, 6.45) is 3.89. The summed E-state index contributed by atoms with van der Waals surface area (Å²) in [5.74, 6) is 1.42. The maximum Gasteiger partial charge on any atom is 0.213 e. The van der Waals surface area contributed by atoms with Crippen molar-refractivity contribution in [1.29, 1.82) is 0 Å². The van der Waals surface area contributed by atoms with Crippen LogP contribution in [0.1, 0.15) is 18.1 Å². The first-order valence-electron chi connectivity index (χ1n) is 7.54. The third-order valence-corrected chi connectivity index (χ3v) is 4.47. The Morgan fingerprint density at radius 3 is 2.78 bits per heavy atom. The van der Waals surface area contributed by atoms with Gasteiger partial charge in [-0.15, -0.1) is 0 Å². The number of benzene rings is 1. The summed E-state index contributed by atoms with van der Waals surface area (Å²) in [6.45, 7) is 5.01. The molecular formula is C18H20N2O2S. The molecule has 120 valence electrons. The monoisotopic (exact) mass is 328 g/mol. The van der Waals surface area contributed by atoms with Gasteiger partial charge < -0.3 is 13.8 Å². The van der Waals surface area contributed by atoms with Crippen molar-refractivity contribution in [2.75, 3.05) is 13.7 Å². The molecule has 1 aromatic heterocycles. The normalized spacial score (nSPS) is 17.4. The maximum absolute atomic E-state index is 5.98. The van der Waals surface area contributed by atoms with E-state index in [1.807, 2.05) is 18.3 Å². The number of hydrogen-bond acceptors (Lipinski definition) is 5. The molecule has 1 aliphatic heterocycles. The summed E-state index contributed by atoms with van der Waals surface area (Å²) in [4.78, 5) is 5.36. The zero-order valence-corrected chi connectivity index (χ0v) is 14.3. The average molecular weight is 328 g/mol. The van der Waals surface area contributed by atoms with Crippen LogP contribution in [0.4, 0.5) is 0 Å². The van der Waals surface area contributed by atoms with E-state index in [9.17, 15) is 0 Å². The first-order valence-corrected chi connectivity index (χ1v) is 8.31. The van der Waals surface area contributed by atoms with E-state index < -0.39 is 0 Å². The first kappa shape index (κ1) is 15.7. The average Bonchev–Trinajstić information content (AvgIpc) is 2.56. The van der Waals surface area contributed by atoms with Crippen molar-refractivity contribution in [3.8, 4) is 5.88 Å². The second kappa shape index (κ2) is 6.96. The Kier molecular flexibility index (Phi) is 4.76. The van der Waals surface area contributed by atoms with Crippen LogP contribution >= 0.6 is 11.9 Å². The van der Waals surface area contributed by atoms with Crippen molar-refractivity contribution in [1.82, 2.24) is 9.29 Å². The van der Waals surface area contributed by atoms with Crippen LogP contribution in [0.3, 0.4) is 0 Å². The Hall–Kier alpha value is -2.14. The van der Waals surface area contributed by atoms with Crippen LogP contribution in [0.2, 0.25) is 0 Å². The van der Waals surface area contributed by atoms with Gasteiger partial charge in [-0.1, -0.05) is 17.7 Å². The molecule has 3 rings (SSSR count). The highest BCUT2D eigenvalue weighted by Gasteiger charge is 2.20. The number of methoxy groups -OCH3 is 1. The number of pyridine rings is 1. The summed E-state index contributed by atoms with van der Waals surface area (Å²) in [5, 5.41) is 0. The van der Waals surface area contributed by atoms with Crippen LogP contribution in [0.5, 0.6) is 5.88 Å². The number of aryl methyl sites for hydroxylation is 1. The van der Waals surface area contributed by atoms with Gasteiger partial charge in [0.2, 0.25) is 5.88 Å². The largest absolute Gasteiger partial charge is 0.487 e. The fourth-order valence-corrected chi connectivity index (χ4v) is 3.30. The highest BCUT2D eigenvalue weighted by Crippen LogP contribution is 2.31. The van der Waals surface area contributed by atoms with Crippen molar-refractivity contribution in [3.63, 3.8) is 0 Å². The van der Waals surface area contributed by atoms with Gasteiger partial charge in [0, 0.05) is 22.7 Å². The Morgan fingerprint density at radius 2 is 2.04 bits per heavy atom. The zero-order chi connectivity index (χ0) is 16.2. The molecule has 23 heavy (non-hydrogen) atoms. The summed E-state index contributed by atoms with van der Waals surface area (Å²) >= 11 is 1.72. The van der Waals surface area contributed by atoms with Gasteiger partial charge in [-0.3, -0.25) is 0 Å². The maximum atomic E-state index is 5.98. The molecule has 1 unspecified atom stereocenters. The Labute approximate surface area is 141 Å². The number of nitrogens with zero attached hydrogens (tertiary/aromatic N) is 2. The molecule has 0 radical (unpaired) electrons. The van der Waals surface area contributed by atoms with E-state index >= 15 is 0 Å². The quantitative estimate of drug-likeness (QED) is 0.789. The van der Waals surface area contributed by atoms with E-state index in [1.54, 1.807) is 25.3 Å². The van der Waals surface area contributed by atoms with Crippen LogP contribution in [0.15, 0.2) is 53.7 Å². The summed E-state index contributed by atoms with van der Waals surface area (Å²) in [6, 6.07) is 12.4. The summed E-state index contributed by atoms with van der Waals surface area (Å²) in [5.41, 5.74) is 2.24. The van der Waals surface area contributed by atoms with E-state index in [4.69, 9.17) is 9.47 Å². The van der Waals surface area contributed by atoms with Gasteiger partial charge in [-0.2, -0.15) is 0 Å². The molecule has 2 aromatic rings. The molecular weight excluding hydrogens is 308 g/mol. The van der Waals surface area contributed by atoms with Gasteiger partial charge in [0.05, 0.1) is 19.9 Å². The number of hydrogen-bond donors (Lipinski definition) is 0. The van der Waals surface area contributed by atoms with Crippen LogP contribution in [0, 0.1) is 6.92 Å². The van der Waals surface area contributed by atoms with E-state index in [0.29, 0.717) is 5.88 Å². The molecule has 0 bridgehead atoms. The van der Waals surface area contributed by atoms with Crippen molar-refractivity contribution in [2.45, 2.75) is 24.8 Å². The predicted octanol–water partition coefficient (Wildman–Crippen LogP) is 4.13. The minimum Gasteiger partial charge on any atom is -0.487 e. The summed E-state index contributed by atoms with van der Waals surface area (Å²) < 4.78 is 13.4. The third-order valence-electron chi connectivity index (χ3n) is 3.50. The minimum absolute atomic E-state index is 0.118. The van der Waals surface area contributed by atoms with E-state index in [2.05, 4.69) is 47.4 Å². The standard InChI is InChI=1S/C18H20N2O2S/c1-13-4-6-16(7-5-13)23-20-11-14(2)22-17(12-20)15-8-9-19-18(10-15)21-3/h4-10,12,14H,11H2,1-3H3. The van der Waals surface area contributed by atoms with Gasteiger partial charge in [0.25, 0.3) is 0 Å². The molecule has 1 aliphatic rings. The Balaban J connectivity index is 1.82. The molecule has 0 saturated carbocycles. The van der Waals surface area contributed by atoms with Crippen LogP contribution in [-0.4, -0.2) is 29.0 Å². The highest BCUT2D eigenvalue weighted by molar-refractivity contribution is 7.97. The minimum atomic E-state index is 0.118. The molecule has 4 nitrogen and oxygen atoms in total. The van der Waals surface area contributed by atoms with Crippen LogP contribution < -0.4 is 4.74 Å². The van der Waals surface area contributed by atoms with Crippen LogP contribution in [-0.2, 0) is 4.74 Å². The Morgan fingerprint density at radius 1 is 1.26 bits per heavy atom. The molecule has 0 N–H and O–H groups in total. The van der Waals surface area contributed by atoms with Crippen LogP contribution in [0.25, 0.3) is 5.76 Å². The molecule has 0 fully saturated rings. The fourth-order valence-electron chi connectivity index (χ4n) is 2.34. The van der Waals surface area contributed by atoms with E-state index in [0.717, 1.165) is 17.9 Å². The van der Waals surface area contributed by atoms with Crippen molar-refractivity contribution in [2.24, 2.45) is 0 Å². The number of aromatic nitrogens is 1. The second-order valence-corrected chi connectivity index (χ2v) is 6.64. The van der Waals surface area contributed by atoms with E-state index in [1.165, 1.54) is 10.5 Å². The molecule has 1 aromatic carbocycles. The second-order valence-electron chi connectivity index (χ2n) is 5.51. The van der Waals surface area contributed by atoms with Gasteiger partial charge >= 0.3 is 0 Å². The van der Waals surface area contributed by atoms with E-state index in [-0.39, 0.29) is 6.10 Å². The van der Waals surface area contributed by atoms with Crippen molar-refractivity contribution in [3.05, 3.63) is 59.9 Å². The SMILES string of the molecule is COc1cc(C2=CN(Sc3ccc(C)cc3)CC(C)O2)ccn1. The molecule has 5 heteroatoms. The zero-order valence-electron chi connectivity index (χ0n) is 13.5. The lowest BCUT2D eigenvalue weighted by atomic mass is 10.2. The van der Waals surface area contributed by atoms with Gasteiger partial charge in [0.1, 0.15) is 11.9 Å². The third kappa shape index (κ3) is 3.99. The molecule has 0 amide bonds. The highest BCUT2D eigenvalue weighted by atomic mass is 32.2. The lowest BCUT2D eigenvalue weighted by Gasteiger charge is -2.30. The molecule has 1 atom stereocenters. The summed E-state index contributed by atoms with van der Waals surface area (Å²) in [7, 11) is 1.62. The first-order chi connectivity index (χ1) is 11.1. The molecule has 0 saturated heterocycles. The van der Waals surface area contributed by atoms with Crippen molar-refractivity contribution < 1.29 is 9.47 Å². The molecule has 0 aliphatic carbocycles. The predicted molar refractivity (Wildman–Crippen MR) is 93.1 cm³/mol. The van der Waals surface area contributed by atoms with Gasteiger partial charge in [0.15, 0.2) is 0 Å². The molecule has 0 spiro atoms. The fraction of sp³-hybridized carbons (Fsp3) is 0.278. The lowest BCUT2D eigenvalue weighted by Crippen LogP contribution is -2.28. The Bertz CT molecular complexity index is 700. The lowest BCUT2D eigenvalue weighted by molar-refractivity contribution is 0.151. The number of ether oxygens (including phenoxy) is 2.